The van der Waals surface area contributed by atoms with Crippen LogP contribution in [0.25, 0.3) is 11.2 Å². The summed E-state index contributed by atoms with van der Waals surface area (Å²) in [6.45, 7) is 0.828. The highest BCUT2D eigenvalue weighted by Gasteiger charge is 2.39. The van der Waals surface area contributed by atoms with Crippen molar-refractivity contribution in [1.82, 2.24) is 39.6 Å². The summed E-state index contributed by atoms with van der Waals surface area (Å²) in [5, 5.41) is 27.7. The molecule has 0 radical (unpaired) electrons. The highest BCUT2D eigenvalue weighted by molar-refractivity contribution is 5.81. The van der Waals surface area contributed by atoms with Crippen LogP contribution in [0.5, 0.6) is 0 Å². The van der Waals surface area contributed by atoms with Gasteiger partial charge in [-0.25, -0.2) is 19.9 Å². The van der Waals surface area contributed by atoms with Crippen molar-refractivity contribution in [3.63, 3.8) is 0 Å². The van der Waals surface area contributed by atoms with Crippen molar-refractivity contribution in [2.75, 3.05) is 12.3 Å². The molecule has 13 heteroatoms. The molecule has 5 N–H and O–H groups in total. The zero-order valence-corrected chi connectivity index (χ0v) is 16.1. The van der Waals surface area contributed by atoms with Crippen LogP contribution in [-0.4, -0.2) is 81.4 Å². The van der Waals surface area contributed by atoms with E-state index in [0.717, 1.165) is 0 Å². The van der Waals surface area contributed by atoms with Gasteiger partial charge in [-0.05, 0) is 6.42 Å². The van der Waals surface area contributed by atoms with Gasteiger partial charge in [0.25, 0.3) is 0 Å². The SMILES string of the molecule is Nc1ncnc2ncn(C[C@H]3OC[C@@H](NC(=O)CCCn4cncn4)[C@H](O)[C@@H]3O)c12. The summed E-state index contributed by atoms with van der Waals surface area (Å²) in [6, 6.07) is -0.706. The van der Waals surface area contributed by atoms with Gasteiger partial charge in [0.1, 0.15) is 42.8 Å². The van der Waals surface area contributed by atoms with E-state index in [1.165, 1.54) is 19.0 Å². The third-order valence-electron chi connectivity index (χ3n) is 5.05. The zero-order chi connectivity index (χ0) is 21.1. The molecule has 3 aromatic rings. The van der Waals surface area contributed by atoms with Crippen molar-refractivity contribution < 1.29 is 19.7 Å². The molecule has 1 aliphatic heterocycles. The second-order valence-corrected chi connectivity index (χ2v) is 7.12. The quantitative estimate of drug-likeness (QED) is 0.339. The van der Waals surface area contributed by atoms with Gasteiger partial charge in [0.2, 0.25) is 5.91 Å². The Balaban J connectivity index is 1.31. The zero-order valence-electron chi connectivity index (χ0n) is 16.1. The number of ether oxygens (including phenoxy) is 1. The van der Waals surface area contributed by atoms with E-state index >= 15 is 0 Å². The summed E-state index contributed by atoms with van der Waals surface area (Å²) in [5.41, 5.74) is 6.86. The molecule has 4 rings (SSSR count). The van der Waals surface area contributed by atoms with Gasteiger partial charge in [0.15, 0.2) is 11.5 Å². The number of nitrogens with two attached hydrogens (primary N) is 1. The van der Waals surface area contributed by atoms with Crippen molar-refractivity contribution in [1.29, 1.82) is 0 Å². The molecule has 1 aliphatic rings. The second-order valence-electron chi connectivity index (χ2n) is 7.12. The number of carbonyl (C=O) groups excluding carboxylic acids is 1. The lowest BCUT2D eigenvalue weighted by Crippen LogP contribution is -2.59. The Kier molecular flexibility index (Phi) is 5.83. The Hall–Kier alpha value is -3.16. The Morgan fingerprint density at radius 2 is 2.10 bits per heavy atom. The summed E-state index contributed by atoms with van der Waals surface area (Å²) in [6.07, 6.45) is 3.60. The van der Waals surface area contributed by atoms with Gasteiger partial charge in [0, 0.05) is 13.0 Å². The molecule has 1 fully saturated rings. The molecule has 1 saturated heterocycles. The second kappa shape index (κ2) is 8.69. The molecule has 0 unspecified atom stereocenters. The highest BCUT2D eigenvalue weighted by Crippen LogP contribution is 2.21. The Bertz CT molecular complexity index is 992. The minimum atomic E-state index is -1.21. The minimum Gasteiger partial charge on any atom is -0.388 e. The number of imidazole rings is 1. The summed E-state index contributed by atoms with van der Waals surface area (Å²) in [5.74, 6) is 0.0262. The van der Waals surface area contributed by atoms with E-state index in [4.69, 9.17) is 10.5 Å². The monoisotopic (exact) mass is 417 g/mol. The number of nitrogens with one attached hydrogen (secondary N) is 1. The number of aryl methyl sites for hydroxylation is 1. The number of nitrogen functional groups attached to an aromatic ring is 1. The molecule has 3 aromatic heterocycles. The molecule has 0 spiro atoms. The van der Waals surface area contributed by atoms with Crippen LogP contribution in [0.1, 0.15) is 12.8 Å². The molecular formula is C17H23N9O4. The third-order valence-corrected chi connectivity index (χ3v) is 5.05. The van der Waals surface area contributed by atoms with Crippen molar-refractivity contribution >= 4 is 22.9 Å². The Labute approximate surface area is 170 Å². The minimum absolute atomic E-state index is 0.0658. The van der Waals surface area contributed by atoms with E-state index in [1.54, 1.807) is 15.6 Å². The third kappa shape index (κ3) is 4.22. The Morgan fingerprint density at radius 1 is 1.23 bits per heavy atom. The number of amides is 1. The number of hydrogen-bond donors (Lipinski definition) is 4. The van der Waals surface area contributed by atoms with Crippen molar-refractivity contribution in [2.24, 2.45) is 0 Å². The topological polar surface area (TPSA) is 179 Å². The lowest BCUT2D eigenvalue weighted by atomic mass is 9.97. The van der Waals surface area contributed by atoms with E-state index in [0.29, 0.717) is 24.1 Å². The lowest BCUT2D eigenvalue weighted by Gasteiger charge is -2.38. The van der Waals surface area contributed by atoms with Crippen LogP contribution in [0.15, 0.2) is 25.3 Å². The molecule has 30 heavy (non-hydrogen) atoms. The van der Waals surface area contributed by atoms with Gasteiger partial charge >= 0.3 is 0 Å². The summed E-state index contributed by atoms with van der Waals surface area (Å²) in [4.78, 5) is 28.2. The first-order valence-electron chi connectivity index (χ1n) is 9.53. The smallest absolute Gasteiger partial charge is 0.220 e. The first-order chi connectivity index (χ1) is 14.5. The van der Waals surface area contributed by atoms with Gasteiger partial charge in [-0.15, -0.1) is 0 Å². The summed E-state index contributed by atoms with van der Waals surface area (Å²) in [7, 11) is 0. The fourth-order valence-corrected chi connectivity index (χ4v) is 3.47. The molecule has 160 valence electrons. The number of carbonyl (C=O) groups is 1. The first-order valence-corrected chi connectivity index (χ1v) is 9.53. The summed E-state index contributed by atoms with van der Waals surface area (Å²) < 4.78 is 9.03. The number of aromatic nitrogens is 7. The molecule has 1 amide bonds. The lowest BCUT2D eigenvalue weighted by molar-refractivity contribution is -0.158. The maximum atomic E-state index is 12.2. The molecule has 4 atom stereocenters. The number of aliphatic hydroxyl groups is 2. The van der Waals surface area contributed by atoms with Crippen LogP contribution in [0.4, 0.5) is 5.82 Å². The predicted molar refractivity (Wildman–Crippen MR) is 103 cm³/mol. The fourth-order valence-electron chi connectivity index (χ4n) is 3.47. The van der Waals surface area contributed by atoms with Crippen LogP contribution in [0, 0.1) is 0 Å². The van der Waals surface area contributed by atoms with Crippen LogP contribution in [-0.2, 0) is 22.6 Å². The molecule has 0 aliphatic carbocycles. The predicted octanol–water partition coefficient (Wildman–Crippen LogP) is -1.91. The van der Waals surface area contributed by atoms with Crippen LogP contribution < -0.4 is 11.1 Å². The van der Waals surface area contributed by atoms with E-state index < -0.39 is 24.4 Å². The van der Waals surface area contributed by atoms with Gasteiger partial charge in [-0.3, -0.25) is 9.48 Å². The largest absolute Gasteiger partial charge is 0.388 e. The van der Waals surface area contributed by atoms with Crippen molar-refractivity contribution in [3.8, 4) is 0 Å². The maximum Gasteiger partial charge on any atom is 0.220 e. The number of rotatable bonds is 7. The normalized spacial score (nSPS) is 24.2. The molecule has 0 saturated carbocycles. The van der Waals surface area contributed by atoms with E-state index in [9.17, 15) is 15.0 Å². The van der Waals surface area contributed by atoms with Crippen molar-refractivity contribution in [2.45, 2.75) is 50.3 Å². The molecule has 13 nitrogen and oxygen atoms in total. The molecule has 4 heterocycles. The first kappa shape index (κ1) is 20.1. The van der Waals surface area contributed by atoms with Gasteiger partial charge in [-0.2, -0.15) is 5.10 Å². The van der Waals surface area contributed by atoms with E-state index in [1.807, 2.05) is 0 Å². The van der Waals surface area contributed by atoms with Crippen LogP contribution >= 0.6 is 0 Å². The van der Waals surface area contributed by atoms with Crippen molar-refractivity contribution in [3.05, 3.63) is 25.3 Å². The van der Waals surface area contributed by atoms with Crippen LogP contribution in [0.2, 0.25) is 0 Å². The summed E-state index contributed by atoms with van der Waals surface area (Å²) >= 11 is 0. The number of fused-ring (bicyclic) bond motifs is 1. The van der Waals surface area contributed by atoms with Crippen LogP contribution in [0.3, 0.4) is 0 Å². The van der Waals surface area contributed by atoms with E-state index in [2.05, 4.69) is 30.4 Å². The standard InChI is InChI=1S/C17H23N9O4/c18-16-13-17(21-7-20-16)22-9-25(13)4-11-15(29)14(28)10(5-30-11)24-12(27)2-1-3-26-8-19-6-23-26/h6-11,14-15,28-29H,1-5H2,(H,24,27)(H2,18,20,21)/t10-,11-,14+,15-/m1/s1. The molecule has 0 bridgehead atoms. The fraction of sp³-hybridized carbons (Fsp3) is 0.529. The number of aliphatic hydroxyl groups excluding tert-OH is 2. The average molecular weight is 417 g/mol. The molecule has 0 aromatic carbocycles. The van der Waals surface area contributed by atoms with E-state index in [-0.39, 0.29) is 31.3 Å². The molecular weight excluding hydrogens is 394 g/mol. The van der Waals surface area contributed by atoms with Gasteiger partial charge in [0.05, 0.1) is 25.5 Å². The average Bonchev–Trinajstić information content (AvgIpc) is 3.38. The maximum absolute atomic E-state index is 12.2. The number of anilines is 1. The van der Waals surface area contributed by atoms with Gasteiger partial charge in [-0.1, -0.05) is 0 Å². The number of hydrogen-bond acceptors (Lipinski definition) is 10. The highest BCUT2D eigenvalue weighted by atomic mass is 16.5. The van der Waals surface area contributed by atoms with Gasteiger partial charge < -0.3 is 30.6 Å². The number of nitrogens with zero attached hydrogens (tertiary/aromatic N) is 7. The Morgan fingerprint density at radius 3 is 2.90 bits per heavy atom.